The van der Waals surface area contributed by atoms with E-state index in [-0.39, 0.29) is 24.2 Å². The second-order valence-corrected chi connectivity index (χ2v) is 4.66. The van der Waals surface area contributed by atoms with Crippen molar-refractivity contribution in [1.82, 2.24) is 5.32 Å². The first kappa shape index (κ1) is 16.0. The Hall–Kier alpha value is -1.00. The molecule has 1 rings (SSSR count). The molecule has 0 saturated heterocycles. The molecular formula is C12H21ClN2O2. The van der Waals surface area contributed by atoms with Crippen molar-refractivity contribution in [3.8, 4) is 0 Å². The summed E-state index contributed by atoms with van der Waals surface area (Å²) in [7, 11) is 0. The van der Waals surface area contributed by atoms with E-state index in [4.69, 9.17) is 10.2 Å². The van der Waals surface area contributed by atoms with Gasteiger partial charge >= 0.3 is 0 Å². The van der Waals surface area contributed by atoms with Crippen molar-refractivity contribution in [1.29, 1.82) is 0 Å². The first-order valence-electron chi connectivity index (χ1n) is 5.47. The van der Waals surface area contributed by atoms with Gasteiger partial charge in [-0.05, 0) is 25.8 Å². The minimum Gasteiger partial charge on any atom is -0.459 e. The number of carbonyl (C=O) groups excluding carboxylic acids is 1. The van der Waals surface area contributed by atoms with Crippen LogP contribution in [0.5, 0.6) is 0 Å². The summed E-state index contributed by atoms with van der Waals surface area (Å²) in [6, 6.07) is 1.77. The second kappa shape index (κ2) is 6.07. The number of aryl methyl sites for hydroxylation is 1. The zero-order valence-corrected chi connectivity index (χ0v) is 11.6. The molecule has 5 heteroatoms. The first-order valence-corrected chi connectivity index (χ1v) is 5.47. The number of amides is 1. The minimum atomic E-state index is -0.406. The summed E-state index contributed by atoms with van der Waals surface area (Å²) in [5.41, 5.74) is 6.13. The summed E-state index contributed by atoms with van der Waals surface area (Å²) >= 11 is 0. The monoisotopic (exact) mass is 260 g/mol. The maximum atomic E-state index is 11.9. The van der Waals surface area contributed by atoms with E-state index >= 15 is 0 Å². The van der Waals surface area contributed by atoms with Gasteiger partial charge in [0, 0.05) is 12.1 Å². The van der Waals surface area contributed by atoms with Gasteiger partial charge in [0.15, 0.2) is 5.76 Å². The first-order chi connectivity index (χ1) is 7.40. The van der Waals surface area contributed by atoms with Crippen LogP contribution in [0, 0.1) is 12.8 Å². The van der Waals surface area contributed by atoms with Crippen LogP contribution in [0.4, 0.5) is 0 Å². The molecule has 1 amide bonds. The summed E-state index contributed by atoms with van der Waals surface area (Å²) in [5, 5.41) is 2.93. The third-order valence-corrected chi connectivity index (χ3v) is 3.17. The van der Waals surface area contributed by atoms with Gasteiger partial charge in [0.1, 0.15) is 0 Å². The fourth-order valence-corrected chi connectivity index (χ4v) is 1.35. The quantitative estimate of drug-likeness (QED) is 0.871. The topological polar surface area (TPSA) is 68.3 Å². The Balaban J connectivity index is 0.00000256. The predicted molar refractivity (Wildman–Crippen MR) is 70.5 cm³/mol. The van der Waals surface area contributed by atoms with Crippen molar-refractivity contribution in [2.24, 2.45) is 11.7 Å². The Morgan fingerprint density at radius 3 is 2.53 bits per heavy atom. The molecule has 0 aliphatic heterocycles. The van der Waals surface area contributed by atoms with Crippen LogP contribution in [-0.2, 0) is 0 Å². The molecule has 0 fully saturated rings. The van der Waals surface area contributed by atoms with E-state index < -0.39 is 5.54 Å². The Bertz CT molecular complexity index is 376. The van der Waals surface area contributed by atoms with Crippen LogP contribution >= 0.6 is 12.4 Å². The Labute approximate surface area is 108 Å². The van der Waals surface area contributed by atoms with Gasteiger partial charge in [-0.1, -0.05) is 13.8 Å². The minimum absolute atomic E-state index is 0. The number of carbonyl (C=O) groups is 1. The van der Waals surface area contributed by atoms with Gasteiger partial charge in [-0.2, -0.15) is 0 Å². The van der Waals surface area contributed by atoms with Gasteiger partial charge < -0.3 is 15.5 Å². The summed E-state index contributed by atoms with van der Waals surface area (Å²) in [6.45, 7) is 8.24. The normalized spacial score (nSPS) is 14.0. The highest BCUT2D eigenvalue weighted by Crippen LogP contribution is 2.17. The van der Waals surface area contributed by atoms with E-state index in [0.717, 1.165) is 5.56 Å². The Morgan fingerprint density at radius 2 is 2.18 bits per heavy atom. The largest absolute Gasteiger partial charge is 0.459 e. The van der Waals surface area contributed by atoms with Gasteiger partial charge in [0.05, 0.1) is 11.8 Å². The molecule has 0 radical (unpaired) electrons. The summed E-state index contributed by atoms with van der Waals surface area (Å²) in [6.07, 6.45) is 1.51. The lowest BCUT2D eigenvalue weighted by Gasteiger charge is -2.33. The lowest BCUT2D eigenvalue weighted by atomic mass is 9.88. The van der Waals surface area contributed by atoms with Crippen LogP contribution in [-0.4, -0.2) is 18.0 Å². The molecule has 1 atom stereocenters. The zero-order chi connectivity index (χ0) is 12.3. The van der Waals surface area contributed by atoms with Crippen LogP contribution in [0.3, 0.4) is 0 Å². The molecule has 0 spiro atoms. The molecule has 0 aromatic carbocycles. The molecule has 4 nitrogen and oxygen atoms in total. The van der Waals surface area contributed by atoms with Crippen molar-refractivity contribution in [3.63, 3.8) is 0 Å². The molecule has 3 N–H and O–H groups in total. The number of hydrogen-bond donors (Lipinski definition) is 2. The number of nitrogens with one attached hydrogen (secondary N) is 1. The smallest absolute Gasteiger partial charge is 0.287 e. The zero-order valence-electron chi connectivity index (χ0n) is 10.7. The van der Waals surface area contributed by atoms with Gasteiger partial charge in [-0.3, -0.25) is 4.79 Å². The van der Waals surface area contributed by atoms with Crippen LogP contribution in [0.15, 0.2) is 16.7 Å². The maximum absolute atomic E-state index is 11.9. The molecule has 1 aromatic heterocycles. The lowest BCUT2D eigenvalue weighted by molar-refractivity contribution is 0.0853. The molecular weight excluding hydrogens is 240 g/mol. The standard InChI is InChI=1S/C12H20N2O2.ClH/c1-8(2)12(4,7-13)14-11(15)10-9(3)5-6-16-10;/h5-6,8H,7,13H2,1-4H3,(H,14,15);1H. The van der Waals surface area contributed by atoms with E-state index in [9.17, 15) is 4.79 Å². The van der Waals surface area contributed by atoms with Crippen molar-refractivity contribution >= 4 is 18.3 Å². The van der Waals surface area contributed by atoms with E-state index in [1.54, 1.807) is 6.07 Å². The van der Waals surface area contributed by atoms with E-state index in [1.807, 2.05) is 27.7 Å². The highest BCUT2D eigenvalue weighted by atomic mass is 35.5. The molecule has 1 aromatic rings. The van der Waals surface area contributed by atoms with Gasteiger partial charge in [0.25, 0.3) is 5.91 Å². The highest BCUT2D eigenvalue weighted by Gasteiger charge is 2.30. The van der Waals surface area contributed by atoms with Crippen molar-refractivity contribution < 1.29 is 9.21 Å². The van der Waals surface area contributed by atoms with Crippen LogP contribution in [0.1, 0.15) is 36.9 Å². The van der Waals surface area contributed by atoms with Crippen molar-refractivity contribution in [3.05, 3.63) is 23.7 Å². The van der Waals surface area contributed by atoms with Gasteiger partial charge in [-0.15, -0.1) is 12.4 Å². The van der Waals surface area contributed by atoms with Crippen LogP contribution in [0.25, 0.3) is 0 Å². The van der Waals surface area contributed by atoms with E-state index in [0.29, 0.717) is 12.3 Å². The molecule has 17 heavy (non-hydrogen) atoms. The van der Waals surface area contributed by atoms with Crippen molar-refractivity contribution in [2.45, 2.75) is 33.2 Å². The average Bonchev–Trinajstić information content (AvgIpc) is 2.64. The maximum Gasteiger partial charge on any atom is 0.287 e. The number of furan rings is 1. The molecule has 1 unspecified atom stereocenters. The van der Waals surface area contributed by atoms with Gasteiger partial charge in [0.2, 0.25) is 0 Å². The Morgan fingerprint density at radius 1 is 1.59 bits per heavy atom. The number of nitrogens with two attached hydrogens (primary N) is 1. The predicted octanol–water partition coefficient (Wildman–Crippen LogP) is 2.11. The molecule has 0 aliphatic carbocycles. The van der Waals surface area contributed by atoms with Crippen LogP contribution < -0.4 is 11.1 Å². The third-order valence-electron chi connectivity index (χ3n) is 3.17. The molecule has 0 saturated carbocycles. The fourth-order valence-electron chi connectivity index (χ4n) is 1.35. The van der Waals surface area contributed by atoms with Crippen molar-refractivity contribution in [2.75, 3.05) is 6.54 Å². The highest BCUT2D eigenvalue weighted by molar-refractivity contribution is 5.93. The molecule has 1 heterocycles. The number of hydrogen-bond acceptors (Lipinski definition) is 3. The van der Waals surface area contributed by atoms with Gasteiger partial charge in [-0.25, -0.2) is 0 Å². The third kappa shape index (κ3) is 3.48. The Kier molecular flexibility index (Phi) is 5.72. The summed E-state index contributed by atoms with van der Waals surface area (Å²) < 4.78 is 5.14. The molecule has 0 aliphatic rings. The molecule has 98 valence electrons. The summed E-state index contributed by atoms with van der Waals surface area (Å²) in [5.74, 6) is 0.418. The average molecular weight is 261 g/mol. The number of rotatable bonds is 4. The van der Waals surface area contributed by atoms with Crippen LogP contribution in [0.2, 0.25) is 0 Å². The fraction of sp³-hybridized carbons (Fsp3) is 0.583. The number of halogens is 1. The van der Waals surface area contributed by atoms with E-state index in [2.05, 4.69) is 5.32 Å². The lowest BCUT2D eigenvalue weighted by Crippen LogP contribution is -2.55. The second-order valence-electron chi connectivity index (χ2n) is 4.66. The summed E-state index contributed by atoms with van der Waals surface area (Å²) in [4.78, 5) is 11.9. The SMILES string of the molecule is Cc1ccoc1C(=O)NC(C)(CN)C(C)C.Cl. The molecule has 0 bridgehead atoms. The van der Waals surface area contributed by atoms with E-state index in [1.165, 1.54) is 6.26 Å².